The molecule has 4 nitrogen and oxygen atoms in total. The summed E-state index contributed by atoms with van der Waals surface area (Å²) in [5.41, 5.74) is 0.804. The lowest BCUT2D eigenvalue weighted by Crippen LogP contribution is -2.18. The van der Waals surface area contributed by atoms with E-state index >= 15 is 0 Å². The first kappa shape index (κ1) is 17.7. The highest BCUT2D eigenvalue weighted by Crippen LogP contribution is 2.32. The molecule has 3 rings (SSSR count). The second-order valence-corrected chi connectivity index (χ2v) is 10.2. The average Bonchev–Trinajstić information content (AvgIpc) is 3.18. The number of rotatable bonds is 4. The third-order valence-electron chi connectivity index (χ3n) is 4.08. The van der Waals surface area contributed by atoms with Crippen molar-refractivity contribution in [1.29, 1.82) is 0 Å². The number of hydrogen-bond donors (Lipinski definition) is 1. The second kappa shape index (κ2) is 7.04. The van der Waals surface area contributed by atoms with E-state index in [2.05, 4.69) is 5.32 Å². The van der Waals surface area contributed by atoms with Crippen molar-refractivity contribution in [2.24, 2.45) is 0 Å². The Morgan fingerprint density at radius 3 is 2.29 bits per heavy atom. The van der Waals surface area contributed by atoms with Gasteiger partial charge in [-0.2, -0.15) is 0 Å². The number of anilines is 1. The van der Waals surface area contributed by atoms with Gasteiger partial charge in [-0.15, -0.1) is 11.3 Å². The highest BCUT2D eigenvalue weighted by Gasteiger charge is 2.30. The lowest BCUT2D eigenvalue weighted by atomic mass is 10.3. The number of thiophene rings is 1. The molecule has 8 heteroatoms. The topological polar surface area (TPSA) is 63.2 Å². The summed E-state index contributed by atoms with van der Waals surface area (Å²) >= 11 is 12.9. The van der Waals surface area contributed by atoms with Gasteiger partial charge in [0.2, 0.25) is 0 Å². The van der Waals surface area contributed by atoms with Crippen LogP contribution in [0.1, 0.15) is 36.0 Å². The minimum absolute atomic E-state index is 0.287. The van der Waals surface area contributed by atoms with E-state index in [1.807, 2.05) is 0 Å². The largest absolute Gasteiger partial charge is 0.322 e. The molecular formula is C16H15Cl2NO3S2. The molecule has 24 heavy (non-hydrogen) atoms. The molecule has 1 aromatic carbocycles. The minimum Gasteiger partial charge on any atom is -0.322 e. The zero-order valence-electron chi connectivity index (χ0n) is 12.6. The van der Waals surface area contributed by atoms with Crippen molar-refractivity contribution in [1.82, 2.24) is 0 Å². The van der Waals surface area contributed by atoms with E-state index in [4.69, 9.17) is 23.2 Å². The van der Waals surface area contributed by atoms with Crippen LogP contribution in [-0.4, -0.2) is 19.6 Å². The summed E-state index contributed by atoms with van der Waals surface area (Å²) in [5.74, 6) is -0.380. The normalized spacial score (nSPS) is 15.6. The molecule has 0 bridgehead atoms. The third-order valence-corrected chi connectivity index (χ3v) is 7.85. The summed E-state index contributed by atoms with van der Waals surface area (Å²) in [6.45, 7) is 0. The number of sulfone groups is 1. The monoisotopic (exact) mass is 403 g/mol. The molecule has 1 aliphatic rings. The average molecular weight is 404 g/mol. The van der Waals surface area contributed by atoms with Crippen LogP contribution in [0.5, 0.6) is 0 Å². The molecule has 128 valence electrons. The maximum Gasteiger partial charge on any atom is 0.258 e. The van der Waals surface area contributed by atoms with Crippen molar-refractivity contribution < 1.29 is 13.2 Å². The molecule has 0 aliphatic heterocycles. The van der Waals surface area contributed by atoms with Gasteiger partial charge >= 0.3 is 0 Å². The lowest BCUT2D eigenvalue weighted by Gasteiger charge is -2.12. The highest BCUT2D eigenvalue weighted by atomic mass is 35.5. The molecule has 1 N–H and O–H groups in total. The fraction of sp³-hybridized carbons (Fsp3) is 0.312. The van der Waals surface area contributed by atoms with Crippen molar-refractivity contribution in [3.63, 3.8) is 0 Å². The first-order valence-electron chi connectivity index (χ1n) is 7.48. The van der Waals surface area contributed by atoms with Gasteiger partial charge in [0.05, 0.1) is 20.0 Å². The predicted octanol–water partition coefficient (Wildman–Crippen LogP) is 5.02. The van der Waals surface area contributed by atoms with Crippen molar-refractivity contribution >= 4 is 56.0 Å². The zero-order valence-corrected chi connectivity index (χ0v) is 15.7. The van der Waals surface area contributed by atoms with Gasteiger partial charge in [0, 0.05) is 5.69 Å². The van der Waals surface area contributed by atoms with Crippen molar-refractivity contribution in [3.8, 4) is 0 Å². The van der Waals surface area contributed by atoms with Gasteiger partial charge in [-0.25, -0.2) is 8.42 Å². The zero-order chi connectivity index (χ0) is 17.3. The second-order valence-electron chi connectivity index (χ2n) is 5.67. The summed E-state index contributed by atoms with van der Waals surface area (Å²) in [6.07, 6.45) is 3.36. The van der Waals surface area contributed by atoms with Crippen molar-refractivity contribution in [3.05, 3.63) is 44.6 Å². The SMILES string of the molecule is O=C(Nc1ccc(S(=O)(=O)C2CCCC2)cc1)c1cc(Cl)sc1Cl. The van der Waals surface area contributed by atoms with Crippen LogP contribution in [0.4, 0.5) is 5.69 Å². The molecule has 0 atom stereocenters. The molecule has 1 fully saturated rings. The minimum atomic E-state index is -3.29. The van der Waals surface area contributed by atoms with E-state index < -0.39 is 9.84 Å². The van der Waals surface area contributed by atoms with E-state index in [0.717, 1.165) is 37.0 Å². The molecule has 0 spiro atoms. The third kappa shape index (κ3) is 3.61. The number of benzene rings is 1. The Kier molecular flexibility index (Phi) is 5.20. The van der Waals surface area contributed by atoms with E-state index in [0.29, 0.717) is 24.8 Å². The van der Waals surface area contributed by atoms with Gasteiger partial charge in [-0.05, 0) is 43.2 Å². The Balaban J connectivity index is 1.75. The number of halogens is 2. The van der Waals surface area contributed by atoms with Gasteiger partial charge in [0.25, 0.3) is 5.91 Å². The molecule has 2 aromatic rings. The quantitative estimate of drug-likeness (QED) is 0.778. The van der Waals surface area contributed by atoms with Gasteiger partial charge in [-0.3, -0.25) is 4.79 Å². The van der Waals surface area contributed by atoms with Gasteiger partial charge in [0.1, 0.15) is 4.34 Å². The molecule has 0 unspecified atom stereocenters. The van der Waals surface area contributed by atoms with E-state index in [-0.39, 0.29) is 11.2 Å². The Labute approximate surface area is 154 Å². The number of nitrogens with one attached hydrogen (secondary N) is 1. The Morgan fingerprint density at radius 2 is 1.75 bits per heavy atom. The van der Waals surface area contributed by atoms with Crippen LogP contribution >= 0.6 is 34.5 Å². The van der Waals surface area contributed by atoms with E-state index in [9.17, 15) is 13.2 Å². The lowest BCUT2D eigenvalue weighted by molar-refractivity contribution is 0.102. The van der Waals surface area contributed by atoms with Crippen LogP contribution in [0, 0.1) is 0 Å². The molecule has 1 aliphatic carbocycles. The van der Waals surface area contributed by atoms with Crippen LogP contribution in [0.25, 0.3) is 0 Å². The van der Waals surface area contributed by atoms with Gasteiger partial charge in [0.15, 0.2) is 9.84 Å². The van der Waals surface area contributed by atoms with Crippen LogP contribution in [-0.2, 0) is 9.84 Å². The Hall–Kier alpha value is -1.08. The van der Waals surface area contributed by atoms with Gasteiger partial charge in [-0.1, -0.05) is 36.0 Å². The Morgan fingerprint density at radius 1 is 1.12 bits per heavy atom. The highest BCUT2D eigenvalue weighted by molar-refractivity contribution is 7.92. The van der Waals surface area contributed by atoms with Gasteiger partial charge < -0.3 is 5.32 Å². The molecule has 1 saturated carbocycles. The van der Waals surface area contributed by atoms with Crippen LogP contribution in [0.15, 0.2) is 35.2 Å². The molecule has 1 heterocycles. The molecule has 0 saturated heterocycles. The van der Waals surface area contributed by atoms with Crippen LogP contribution in [0.3, 0.4) is 0 Å². The summed E-state index contributed by atoms with van der Waals surface area (Å²) in [5, 5.41) is 2.40. The van der Waals surface area contributed by atoms with Crippen LogP contribution < -0.4 is 5.32 Å². The van der Waals surface area contributed by atoms with Crippen molar-refractivity contribution in [2.75, 3.05) is 5.32 Å². The number of carbonyl (C=O) groups excluding carboxylic acids is 1. The molecule has 1 amide bonds. The molecule has 1 aromatic heterocycles. The van der Waals surface area contributed by atoms with Crippen molar-refractivity contribution in [2.45, 2.75) is 35.8 Å². The van der Waals surface area contributed by atoms with E-state index in [1.165, 1.54) is 18.2 Å². The molecular weight excluding hydrogens is 389 g/mol. The standard InChI is InChI=1S/C16H15Cl2NO3S2/c17-14-9-13(15(18)23-14)16(20)19-10-5-7-12(8-6-10)24(21,22)11-3-1-2-4-11/h5-9,11H,1-4H2,(H,19,20). The maximum absolute atomic E-state index is 12.5. The summed E-state index contributed by atoms with van der Waals surface area (Å²) < 4.78 is 25.8. The first-order chi connectivity index (χ1) is 11.4. The fourth-order valence-corrected chi connectivity index (χ4v) is 6.13. The fourth-order valence-electron chi connectivity index (χ4n) is 2.81. The summed E-state index contributed by atoms with van der Waals surface area (Å²) in [7, 11) is -3.29. The summed E-state index contributed by atoms with van der Waals surface area (Å²) in [4.78, 5) is 12.5. The van der Waals surface area contributed by atoms with E-state index in [1.54, 1.807) is 12.1 Å². The molecule has 0 radical (unpaired) electrons. The predicted molar refractivity (Wildman–Crippen MR) is 98.2 cm³/mol. The smallest absolute Gasteiger partial charge is 0.258 e. The number of amides is 1. The Bertz CT molecular complexity index is 854. The first-order valence-corrected chi connectivity index (χ1v) is 10.6. The number of carbonyl (C=O) groups is 1. The van der Waals surface area contributed by atoms with Crippen LogP contribution in [0.2, 0.25) is 8.67 Å². The summed E-state index contributed by atoms with van der Waals surface area (Å²) in [6, 6.07) is 7.74. The maximum atomic E-state index is 12.5. The number of hydrogen-bond acceptors (Lipinski definition) is 4.